The molecule has 0 saturated carbocycles. The van der Waals surface area contributed by atoms with E-state index in [4.69, 9.17) is 0 Å². The van der Waals surface area contributed by atoms with E-state index in [-0.39, 0.29) is 11.8 Å². The second kappa shape index (κ2) is 6.89. The molecule has 6 heteroatoms. The molecule has 1 aromatic carbocycles. The van der Waals surface area contributed by atoms with Gasteiger partial charge in [-0.1, -0.05) is 35.0 Å². The van der Waals surface area contributed by atoms with Gasteiger partial charge in [0.1, 0.15) is 0 Å². The monoisotopic (exact) mass is 379 g/mol. The molecule has 0 radical (unpaired) electrons. The predicted octanol–water partition coefficient (Wildman–Crippen LogP) is 3.29. The number of benzene rings is 1. The van der Waals surface area contributed by atoms with Crippen molar-refractivity contribution < 1.29 is 4.79 Å². The van der Waals surface area contributed by atoms with E-state index in [9.17, 15) is 4.79 Å². The Morgan fingerprint density at radius 3 is 2.82 bits per heavy atom. The van der Waals surface area contributed by atoms with Crippen LogP contribution in [0, 0.1) is 11.8 Å². The zero-order valence-electron chi connectivity index (χ0n) is 12.3. The molecule has 1 aliphatic heterocycles. The minimum atomic E-state index is 0.0278. The first-order valence-electron chi connectivity index (χ1n) is 7.32. The van der Waals surface area contributed by atoms with Crippen molar-refractivity contribution >= 4 is 38.3 Å². The maximum Gasteiger partial charge on any atom is 0.229 e. The third-order valence-corrected chi connectivity index (χ3v) is 5.45. The number of thiazole rings is 1. The summed E-state index contributed by atoms with van der Waals surface area (Å²) in [6.45, 7) is 3.85. The van der Waals surface area contributed by atoms with Gasteiger partial charge in [0.2, 0.25) is 5.91 Å². The number of amides is 1. The van der Waals surface area contributed by atoms with E-state index in [1.54, 1.807) is 11.3 Å². The van der Waals surface area contributed by atoms with Crippen LogP contribution in [0.2, 0.25) is 0 Å². The zero-order valence-corrected chi connectivity index (χ0v) is 14.7. The molecule has 0 bridgehead atoms. The van der Waals surface area contributed by atoms with Crippen molar-refractivity contribution in [2.75, 3.05) is 18.4 Å². The molecule has 1 fully saturated rings. The van der Waals surface area contributed by atoms with Crippen molar-refractivity contribution in [1.29, 1.82) is 0 Å². The molecule has 0 spiro atoms. The zero-order chi connectivity index (χ0) is 15.5. The highest BCUT2D eigenvalue weighted by Crippen LogP contribution is 2.24. The number of rotatable bonds is 5. The van der Waals surface area contributed by atoms with Crippen LogP contribution in [-0.4, -0.2) is 24.0 Å². The van der Waals surface area contributed by atoms with E-state index < -0.39 is 0 Å². The number of halogens is 1. The highest BCUT2D eigenvalue weighted by molar-refractivity contribution is 9.10. The lowest BCUT2D eigenvalue weighted by Crippen LogP contribution is -2.48. The number of anilines is 1. The van der Waals surface area contributed by atoms with Gasteiger partial charge in [-0.25, -0.2) is 4.98 Å². The Morgan fingerprint density at radius 1 is 1.45 bits per heavy atom. The summed E-state index contributed by atoms with van der Waals surface area (Å²) in [6, 6.07) is 8.25. The molecule has 2 heterocycles. The molecule has 116 valence electrons. The minimum Gasteiger partial charge on any atom is -0.316 e. The Bertz CT molecular complexity index is 652. The molecular weight excluding hydrogens is 362 g/mol. The van der Waals surface area contributed by atoms with Crippen LogP contribution in [0.25, 0.3) is 0 Å². The summed E-state index contributed by atoms with van der Waals surface area (Å²) in [5.41, 5.74) is 1.23. The number of hydrogen-bond donors (Lipinski definition) is 2. The molecule has 22 heavy (non-hydrogen) atoms. The first-order valence-corrected chi connectivity index (χ1v) is 8.93. The average molecular weight is 380 g/mol. The number of carbonyl (C=O) groups is 1. The molecule has 1 amide bonds. The van der Waals surface area contributed by atoms with Crippen molar-refractivity contribution in [2.45, 2.75) is 13.3 Å². The summed E-state index contributed by atoms with van der Waals surface area (Å²) in [5, 5.41) is 6.83. The van der Waals surface area contributed by atoms with Gasteiger partial charge in [-0.2, -0.15) is 0 Å². The Kier molecular flexibility index (Phi) is 4.90. The lowest BCUT2D eigenvalue weighted by molar-refractivity contribution is -0.121. The molecule has 2 aromatic rings. The molecule has 1 unspecified atom stereocenters. The van der Waals surface area contributed by atoms with Crippen LogP contribution in [0.1, 0.15) is 17.4 Å². The quantitative estimate of drug-likeness (QED) is 0.837. The SMILES string of the molecule is CC(C(=O)Nc1ncc(Cc2ccc(Br)cc2)s1)C1CNC1. The lowest BCUT2D eigenvalue weighted by atomic mass is 9.88. The summed E-state index contributed by atoms with van der Waals surface area (Å²) in [7, 11) is 0. The van der Waals surface area contributed by atoms with Crippen molar-refractivity contribution in [2.24, 2.45) is 11.8 Å². The van der Waals surface area contributed by atoms with Gasteiger partial charge in [0.25, 0.3) is 0 Å². The molecular formula is C16H18BrN3OS. The van der Waals surface area contributed by atoms with Gasteiger partial charge >= 0.3 is 0 Å². The predicted molar refractivity (Wildman–Crippen MR) is 93.2 cm³/mol. The van der Waals surface area contributed by atoms with E-state index >= 15 is 0 Å². The van der Waals surface area contributed by atoms with E-state index in [1.807, 2.05) is 25.3 Å². The topological polar surface area (TPSA) is 54.0 Å². The number of aromatic nitrogens is 1. The third kappa shape index (κ3) is 3.74. The average Bonchev–Trinajstić information content (AvgIpc) is 2.86. The fourth-order valence-corrected chi connectivity index (χ4v) is 3.46. The van der Waals surface area contributed by atoms with Crippen LogP contribution in [-0.2, 0) is 11.2 Å². The van der Waals surface area contributed by atoms with Crippen molar-refractivity contribution in [3.8, 4) is 0 Å². The second-order valence-corrected chi connectivity index (χ2v) is 7.66. The largest absolute Gasteiger partial charge is 0.316 e. The molecule has 1 aliphatic rings. The molecule has 0 aliphatic carbocycles. The maximum absolute atomic E-state index is 12.2. The van der Waals surface area contributed by atoms with E-state index in [1.165, 1.54) is 5.56 Å². The Balaban J connectivity index is 1.58. The summed E-state index contributed by atoms with van der Waals surface area (Å²) in [4.78, 5) is 17.6. The van der Waals surface area contributed by atoms with Gasteiger partial charge < -0.3 is 10.6 Å². The Morgan fingerprint density at radius 2 is 2.18 bits per heavy atom. The summed E-state index contributed by atoms with van der Waals surface area (Å²) >= 11 is 4.98. The first-order chi connectivity index (χ1) is 10.6. The standard InChI is InChI=1S/C16H18BrN3OS/c1-10(12-7-18-8-12)15(21)20-16-19-9-14(22-16)6-11-2-4-13(17)5-3-11/h2-5,9-10,12,18H,6-8H2,1H3,(H,19,20,21). The maximum atomic E-state index is 12.2. The fourth-order valence-electron chi connectivity index (χ4n) is 2.35. The van der Waals surface area contributed by atoms with E-state index in [0.717, 1.165) is 28.9 Å². The second-order valence-electron chi connectivity index (χ2n) is 5.63. The normalized spacial score (nSPS) is 16.1. The van der Waals surface area contributed by atoms with Gasteiger partial charge in [-0.05, 0) is 36.7 Å². The molecule has 3 rings (SSSR count). The van der Waals surface area contributed by atoms with Crippen LogP contribution < -0.4 is 10.6 Å². The van der Waals surface area contributed by atoms with Crippen molar-refractivity contribution in [3.63, 3.8) is 0 Å². The van der Waals surface area contributed by atoms with E-state index in [2.05, 4.69) is 43.7 Å². The summed E-state index contributed by atoms with van der Waals surface area (Å²) < 4.78 is 1.08. The van der Waals surface area contributed by atoms with Gasteiger partial charge in [0, 0.05) is 27.9 Å². The highest BCUT2D eigenvalue weighted by Gasteiger charge is 2.29. The molecule has 1 atom stereocenters. The van der Waals surface area contributed by atoms with Crippen LogP contribution in [0.4, 0.5) is 5.13 Å². The first kappa shape index (κ1) is 15.6. The van der Waals surface area contributed by atoms with E-state index in [0.29, 0.717) is 11.0 Å². The van der Waals surface area contributed by atoms with Gasteiger partial charge in [0.15, 0.2) is 5.13 Å². The molecule has 4 nitrogen and oxygen atoms in total. The minimum absolute atomic E-state index is 0.0278. The lowest BCUT2D eigenvalue weighted by Gasteiger charge is -2.31. The summed E-state index contributed by atoms with van der Waals surface area (Å²) in [6.07, 6.45) is 2.68. The van der Waals surface area contributed by atoms with Crippen molar-refractivity contribution in [3.05, 3.63) is 45.4 Å². The molecule has 2 N–H and O–H groups in total. The number of hydrogen-bond acceptors (Lipinski definition) is 4. The Labute approximate surface area is 142 Å². The van der Waals surface area contributed by atoms with Crippen LogP contribution in [0.15, 0.2) is 34.9 Å². The number of carbonyl (C=O) groups excluding carboxylic acids is 1. The van der Waals surface area contributed by atoms with Gasteiger partial charge in [0.05, 0.1) is 0 Å². The van der Waals surface area contributed by atoms with Crippen LogP contribution in [0.5, 0.6) is 0 Å². The summed E-state index contributed by atoms with van der Waals surface area (Å²) in [5.74, 6) is 0.540. The Hall–Kier alpha value is -1.24. The molecule has 1 aromatic heterocycles. The van der Waals surface area contributed by atoms with Gasteiger partial charge in [-0.3, -0.25) is 4.79 Å². The smallest absolute Gasteiger partial charge is 0.229 e. The van der Waals surface area contributed by atoms with Crippen molar-refractivity contribution in [1.82, 2.24) is 10.3 Å². The molecule has 1 saturated heterocycles. The fraction of sp³-hybridized carbons (Fsp3) is 0.375. The third-order valence-electron chi connectivity index (χ3n) is 4.01. The van der Waals surface area contributed by atoms with Gasteiger partial charge in [-0.15, -0.1) is 11.3 Å². The number of nitrogens with zero attached hydrogens (tertiary/aromatic N) is 1. The van der Waals surface area contributed by atoms with Crippen LogP contribution >= 0.6 is 27.3 Å². The highest BCUT2D eigenvalue weighted by atomic mass is 79.9. The van der Waals surface area contributed by atoms with Crippen LogP contribution in [0.3, 0.4) is 0 Å². The number of nitrogens with one attached hydrogen (secondary N) is 2.